The maximum absolute atomic E-state index is 12.7. The monoisotopic (exact) mass is 322 g/mol. The van der Waals surface area contributed by atoms with Gasteiger partial charge in [0.25, 0.3) is 5.91 Å². The number of fused-ring (bicyclic) bond motifs is 1. The van der Waals surface area contributed by atoms with E-state index in [1.165, 1.54) is 12.1 Å². The summed E-state index contributed by atoms with van der Waals surface area (Å²) in [6.07, 6.45) is 0. The average Bonchev–Trinajstić information content (AvgIpc) is 2.51. The number of para-hydroxylation sites is 2. The summed E-state index contributed by atoms with van der Waals surface area (Å²) in [4.78, 5) is 14.3. The number of anilines is 2. The molecule has 0 fully saturated rings. The fourth-order valence-electron chi connectivity index (χ4n) is 2.27. The van der Waals surface area contributed by atoms with Gasteiger partial charge in [0.1, 0.15) is 12.4 Å². The molecule has 1 heterocycles. The summed E-state index contributed by atoms with van der Waals surface area (Å²) >= 11 is 11.9. The van der Waals surface area contributed by atoms with Crippen molar-refractivity contribution in [2.24, 2.45) is 0 Å². The lowest BCUT2D eigenvalue weighted by atomic mass is 10.1. The third-order valence-corrected chi connectivity index (χ3v) is 4.09. The van der Waals surface area contributed by atoms with Gasteiger partial charge in [-0.2, -0.15) is 0 Å². The zero-order valence-corrected chi connectivity index (χ0v) is 12.5. The molecule has 6 heteroatoms. The summed E-state index contributed by atoms with van der Waals surface area (Å²) in [5.74, 6) is 0.501. The molecular formula is C15H12Cl2N2O2. The highest BCUT2D eigenvalue weighted by Crippen LogP contribution is 2.34. The van der Waals surface area contributed by atoms with Gasteiger partial charge in [-0.3, -0.25) is 4.79 Å². The second-order valence-electron chi connectivity index (χ2n) is 4.63. The molecule has 2 N–H and O–H groups in total. The van der Waals surface area contributed by atoms with E-state index in [4.69, 9.17) is 33.7 Å². The summed E-state index contributed by atoms with van der Waals surface area (Å²) in [6, 6.07) is 10.5. The van der Waals surface area contributed by atoms with Crippen molar-refractivity contribution in [1.82, 2.24) is 0 Å². The Kier molecular flexibility index (Phi) is 3.66. The van der Waals surface area contributed by atoms with Crippen LogP contribution < -0.4 is 15.4 Å². The second kappa shape index (κ2) is 5.47. The largest absolute Gasteiger partial charge is 0.490 e. The van der Waals surface area contributed by atoms with Crippen LogP contribution in [0.2, 0.25) is 10.0 Å². The molecule has 108 valence electrons. The highest BCUT2D eigenvalue weighted by Gasteiger charge is 2.25. The van der Waals surface area contributed by atoms with Gasteiger partial charge in [0.05, 0.1) is 28.0 Å². The van der Waals surface area contributed by atoms with Crippen molar-refractivity contribution in [3.63, 3.8) is 0 Å². The Hall–Kier alpha value is -1.91. The number of carbonyl (C=O) groups is 1. The Labute approximate surface area is 132 Å². The van der Waals surface area contributed by atoms with Crippen molar-refractivity contribution in [2.75, 3.05) is 23.8 Å². The Bertz CT molecular complexity index is 696. The van der Waals surface area contributed by atoms with Crippen LogP contribution in [0.1, 0.15) is 10.4 Å². The molecule has 1 amide bonds. The minimum absolute atomic E-state index is 0.184. The average molecular weight is 323 g/mol. The van der Waals surface area contributed by atoms with Crippen LogP contribution in [0, 0.1) is 0 Å². The smallest absolute Gasteiger partial charge is 0.258 e. The van der Waals surface area contributed by atoms with E-state index >= 15 is 0 Å². The normalized spacial score (nSPS) is 13.5. The fourth-order valence-corrected chi connectivity index (χ4v) is 2.61. The number of nitrogens with two attached hydrogens (primary N) is 1. The van der Waals surface area contributed by atoms with Crippen molar-refractivity contribution < 1.29 is 9.53 Å². The van der Waals surface area contributed by atoms with Crippen LogP contribution in [0.25, 0.3) is 0 Å². The van der Waals surface area contributed by atoms with Crippen molar-refractivity contribution in [2.45, 2.75) is 0 Å². The number of carbonyl (C=O) groups excluding carboxylic acids is 1. The maximum Gasteiger partial charge on any atom is 0.258 e. The van der Waals surface area contributed by atoms with E-state index in [9.17, 15) is 4.79 Å². The maximum atomic E-state index is 12.7. The predicted octanol–water partition coefficient (Wildman–Crippen LogP) is 3.61. The SMILES string of the molecule is Nc1cc(C(=O)N2CCOc3ccccc32)cc(Cl)c1Cl. The molecule has 0 bridgehead atoms. The van der Waals surface area contributed by atoms with Gasteiger partial charge in [0, 0.05) is 5.56 Å². The molecule has 1 aliphatic heterocycles. The number of rotatable bonds is 1. The molecule has 4 nitrogen and oxygen atoms in total. The van der Waals surface area contributed by atoms with Crippen molar-refractivity contribution >= 4 is 40.5 Å². The van der Waals surface area contributed by atoms with Crippen LogP contribution in [0.15, 0.2) is 36.4 Å². The highest BCUT2D eigenvalue weighted by molar-refractivity contribution is 6.44. The van der Waals surface area contributed by atoms with Crippen molar-refractivity contribution in [3.05, 3.63) is 52.0 Å². The van der Waals surface area contributed by atoms with Gasteiger partial charge in [-0.05, 0) is 24.3 Å². The highest BCUT2D eigenvalue weighted by atomic mass is 35.5. The van der Waals surface area contributed by atoms with E-state index in [2.05, 4.69) is 0 Å². The molecule has 2 aromatic carbocycles. The summed E-state index contributed by atoms with van der Waals surface area (Å²) in [5, 5.41) is 0.525. The van der Waals surface area contributed by atoms with Crippen LogP contribution >= 0.6 is 23.2 Å². The number of benzene rings is 2. The number of nitrogens with zero attached hydrogens (tertiary/aromatic N) is 1. The molecule has 0 radical (unpaired) electrons. The number of hydrogen-bond acceptors (Lipinski definition) is 3. The zero-order chi connectivity index (χ0) is 15.0. The van der Waals surface area contributed by atoms with E-state index in [1.807, 2.05) is 24.3 Å². The molecule has 0 aromatic heterocycles. The summed E-state index contributed by atoms with van der Waals surface area (Å²) in [6.45, 7) is 0.912. The molecule has 2 aromatic rings. The van der Waals surface area contributed by atoms with Gasteiger partial charge in [0.15, 0.2) is 0 Å². The molecule has 0 atom stereocenters. The quantitative estimate of drug-likeness (QED) is 0.816. The van der Waals surface area contributed by atoms with E-state index in [1.54, 1.807) is 4.90 Å². The van der Waals surface area contributed by atoms with Crippen LogP contribution in [-0.2, 0) is 0 Å². The summed E-state index contributed by atoms with van der Waals surface area (Å²) in [5.41, 5.74) is 7.19. The lowest BCUT2D eigenvalue weighted by molar-refractivity contribution is 0.0976. The van der Waals surface area contributed by atoms with Gasteiger partial charge in [-0.15, -0.1) is 0 Å². The molecule has 0 aliphatic carbocycles. The summed E-state index contributed by atoms with van der Waals surface area (Å²) < 4.78 is 5.54. The number of halogens is 2. The Morgan fingerprint density at radius 1 is 1.24 bits per heavy atom. The molecule has 1 aliphatic rings. The van der Waals surface area contributed by atoms with Crippen molar-refractivity contribution in [1.29, 1.82) is 0 Å². The first-order valence-electron chi connectivity index (χ1n) is 6.36. The van der Waals surface area contributed by atoms with Gasteiger partial charge < -0.3 is 15.4 Å². The molecule has 0 saturated heterocycles. The van der Waals surface area contributed by atoms with Gasteiger partial charge in [-0.1, -0.05) is 35.3 Å². The molecule has 3 rings (SSSR count). The standard InChI is InChI=1S/C15H12Cl2N2O2/c16-10-7-9(8-11(18)14(10)17)15(20)19-5-6-21-13-4-2-1-3-12(13)19/h1-4,7-8H,5-6,18H2. The van der Waals surface area contributed by atoms with Crippen LogP contribution in [-0.4, -0.2) is 19.1 Å². The number of amides is 1. The third-order valence-electron chi connectivity index (χ3n) is 3.28. The number of nitrogen functional groups attached to an aromatic ring is 1. The lowest BCUT2D eigenvalue weighted by Gasteiger charge is -2.29. The third kappa shape index (κ3) is 2.52. The molecule has 0 unspecified atom stereocenters. The molecular weight excluding hydrogens is 311 g/mol. The van der Waals surface area contributed by atoms with Gasteiger partial charge >= 0.3 is 0 Å². The second-order valence-corrected chi connectivity index (χ2v) is 5.42. The van der Waals surface area contributed by atoms with Crippen molar-refractivity contribution in [3.8, 4) is 5.75 Å². The van der Waals surface area contributed by atoms with E-state index < -0.39 is 0 Å². The van der Waals surface area contributed by atoms with E-state index in [-0.39, 0.29) is 21.6 Å². The van der Waals surface area contributed by atoms with Gasteiger partial charge in [-0.25, -0.2) is 0 Å². The first-order chi connectivity index (χ1) is 10.1. The van der Waals surface area contributed by atoms with Crippen LogP contribution in [0.4, 0.5) is 11.4 Å². The number of ether oxygens (including phenoxy) is 1. The lowest BCUT2D eigenvalue weighted by Crippen LogP contribution is -2.37. The van der Waals surface area contributed by atoms with E-state index in [0.29, 0.717) is 24.5 Å². The Balaban J connectivity index is 2.00. The minimum atomic E-state index is -0.184. The topological polar surface area (TPSA) is 55.6 Å². The molecule has 0 spiro atoms. The number of hydrogen-bond donors (Lipinski definition) is 1. The molecule has 0 saturated carbocycles. The van der Waals surface area contributed by atoms with Crippen LogP contribution in [0.3, 0.4) is 0 Å². The fraction of sp³-hybridized carbons (Fsp3) is 0.133. The summed E-state index contributed by atoms with van der Waals surface area (Å²) in [7, 11) is 0. The Morgan fingerprint density at radius 3 is 2.76 bits per heavy atom. The zero-order valence-electron chi connectivity index (χ0n) is 11.0. The molecule has 21 heavy (non-hydrogen) atoms. The van der Waals surface area contributed by atoms with Crippen LogP contribution in [0.5, 0.6) is 5.75 Å². The predicted molar refractivity (Wildman–Crippen MR) is 84.5 cm³/mol. The first-order valence-corrected chi connectivity index (χ1v) is 7.11. The van der Waals surface area contributed by atoms with E-state index in [0.717, 1.165) is 5.69 Å². The first kappa shape index (κ1) is 14.0. The Morgan fingerprint density at radius 2 is 2.00 bits per heavy atom. The van der Waals surface area contributed by atoms with Gasteiger partial charge in [0.2, 0.25) is 0 Å². The minimum Gasteiger partial charge on any atom is -0.490 e.